The van der Waals surface area contributed by atoms with Gasteiger partial charge in [0, 0.05) is 30.6 Å². The van der Waals surface area contributed by atoms with Gasteiger partial charge in [0.15, 0.2) is 5.13 Å². The van der Waals surface area contributed by atoms with E-state index in [4.69, 9.17) is 10.1 Å². The number of aliphatic hydroxyl groups is 1. The summed E-state index contributed by atoms with van der Waals surface area (Å²) in [5, 5.41) is 12.3. The van der Waals surface area contributed by atoms with Gasteiger partial charge in [-0.3, -0.25) is 0 Å². The Bertz CT molecular complexity index is 532. The van der Waals surface area contributed by atoms with Gasteiger partial charge in [0.2, 0.25) is 0 Å². The standard InChI is InChI=1S/C16H20N2OS/c19-11-8-13-6-9-18(10-7-13)16-17-15(12-20-16)14-4-2-1-3-5-14/h1-5,12-13,19H,6-11H2. The van der Waals surface area contributed by atoms with E-state index >= 15 is 0 Å². The Morgan fingerprint density at radius 3 is 2.65 bits per heavy atom. The van der Waals surface area contributed by atoms with Crippen LogP contribution in [-0.2, 0) is 0 Å². The average molecular weight is 288 g/mol. The first-order valence-corrected chi connectivity index (χ1v) is 8.11. The van der Waals surface area contributed by atoms with Crippen LogP contribution in [0.3, 0.4) is 0 Å². The molecular formula is C16H20N2OS. The molecule has 0 radical (unpaired) electrons. The van der Waals surface area contributed by atoms with Gasteiger partial charge in [0.05, 0.1) is 5.69 Å². The summed E-state index contributed by atoms with van der Waals surface area (Å²) in [7, 11) is 0. The second-order valence-electron chi connectivity index (χ2n) is 5.32. The van der Waals surface area contributed by atoms with E-state index in [9.17, 15) is 0 Å². The Kier molecular flexibility index (Phi) is 4.33. The Hall–Kier alpha value is -1.39. The van der Waals surface area contributed by atoms with Crippen molar-refractivity contribution in [2.24, 2.45) is 5.92 Å². The summed E-state index contributed by atoms with van der Waals surface area (Å²) in [4.78, 5) is 7.15. The zero-order chi connectivity index (χ0) is 13.8. The summed E-state index contributed by atoms with van der Waals surface area (Å²) in [5.41, 5.74) is 2.26. The number of rotatable bonds is 4. The molecule has 20 heavy (non-hydrogen) atoms. The molecule has 3 rings (SSSR count). The van der Waals surface area contributed by atoms with Crippen molar-refractivity contribution in [2.45, 2.75) is 19.3 Å². The molecule has 2 aromatic rings. The van der Waals surface area contributed by atoms with E-state index in [2.05, 4.69) is 34.5 Å². The van der Waals surface area contributed by atoms with Crippen molar-refractivity contribution in [3.63, 3.8) is 0 Å². The fraction of sp³-hybridized carbons (Fsp3) is 0.438. The Balaban J connectivity index is 1.66. The first-order valence-electron chi connectivity index (χ1n) is 7.23. The topological polar surface area (TPSA) is 36.4 Å². The predicted octanol–water partition coefficient (Wildman–Crippen LogP) is 3.41. The lowest BCUT2D eigenvalue weighted by molar-refractivity contribution is 0.240. The molecule has 106 valence electrons. The van der Waals surface area contributed by atoms with Gasteiger partial charge in [-0.1, -0.05) is 30.3 Å². The van der Waals surface area contributed by atoms with E-state index in [1.54, 1.807) is 11.3 Å². The highest BCUT2D eigenvalue weighted by Crippen LogP contribution is 2.30. The van der Waals surface area contributed by atoms with Gasteiger partial charge in [0.1, 0.15) is 0 Å². The second kappa shape index (κ2) is 6.37. The molecule has 0 spiro atoms. The van der Waals surface area contributed by atoms with E-state index in [-0.39, 0.29) is 0 Å². The first-order chi connectivity index (χ1) is 9.86. The van der Waals surface area contributed by atoms with E-state index in [0.717, 1.165) is 30.3 Å². The van der Waals surface area contributed by atoms with E-state index in [1.807, 2.05) is 6.07 Å². The highest BCUT2D eigenvalue weighted by Gasteiger charge is 2.20. The minimum absolute atomic E-state index is 0.320. The fourth-order valence-electron chi connectivity index (χ4n) is 2.75. The van der Waals surface area contributed by atoms with Gasteiger partial charge in [-0.15, -0.1) is 11.3 Å². The van der Waals surface area contributed by atoms with Gasteiger partial charge in [-0.25, -0.2) is 4.98 Å². The van der Waals surface area contributed by atoms with Crippen LogP contribution in [0.5, 0.6) is 0 Å². The molecule has 3 nitrogen and oxygen atoms in total. The average Bonchev–Trinajstić information content (AvgIpc) is 2.99. The maximum atomic E-state index is 9.01. The third-order valence-corrected chi connectivity index (χ3v) is 4.89. The van der Waals surface area contributed by atoms with Gasteiger partial charge in [0.25, 0.3) is 0 Å². The summed E-state index contributed by atoms with van der Waals surface area (Å²) in [6, 6.07) is 10.3. The summed E-state index contributed by atoms with van der Waals surface area (Å²) in [6.45, 7) is 2.44. The maximum absolute atomic E-state index is 9.01. The van der Waals surface area contributed by atoms with Crippen LogP contribution >= 0.6 is 11.3 Å². The zero-order valence-electron chi connectivity index (χ0n) is 11.5. The minimum atomic E-state index is 0.320. The molecule has 1 aromatic heterocycles. The molecule has 0 atom stereocenters. The smallest absolute Gasteiger partial charge is 0.185 e. The quantitative estimate of drug-likeness (QED) is 0.936. The first kappa shape index (κ1) is 13.6. The lowest BCUT2D eigenvalue weighted by Gasteiger charge is -2.31. The van der Waals surface area contributed by atoms with Crippen LogP contribution in [0, 0.1) is 5.92 Å². The fourth-order valence-corrected chi connectivity index (χ4v) is 3.64. The normalized spacial score (nSPS) is 16.6. The molecule has 0 bridgehead atoms. The maximum Gasteiger partial charge on any atom is 0.185 e. The monoisotopic (exact) mass is 288 g/mol. The van der Waals surface area contributed by atoms with Crippen molar-refractivity contribution in [1.29, 1.82) is 0 Å². The summed E-state index contributed by atoms with van der Waals surface area (Å²) >= 11 is 1.73. The van der Waals surface area contributed by atoms with Crippen molar-refractivity contribution >= 4 is 16.5 Å². The SMILES string of the molecule is OCCC1CCN(c2nc(-c3ccccc3)cs2)CC1. The van der Waals surface area contributed by atoms with Crippen LogP contribution in [0.25, 0.3) is 11.3 Å². The van der Waals surface area contributed by atoms with Crippen molar-refractivity contribution in [1.82, 2.24) is 4.98 Å². The summed E-state index contributed by atoms with van der Waals surface area (Å²) in [5.74, 6) is 0.685. The van der Waals surface area contributed by atoms with Crippen LogP contribution < -0.4 is 4.90 Å². The number of hydrogen-bond acceptors (Lipinski definition) is 4. The second-order valence-corrected chi connectivity index (χ2v) is 6.16. The van der Waals surface area contributed by atoms with E-state index in [0.29, 0.717) is 12.5 Å². The molecule has 0 unspecified atom stereocenters. The molecule has 1 N–H and O–H groups in total. The van der Waals surface area contributed by atoms with Crippen molar-refractivity contribution in [3.8, 4) is 11.3 Å². The molecule has 0 amide bonds. The molecule has 0 saturated carbocycles. The highest BCUT2D eigenvalue weighted by molar-refractivity contribution is 7.14. The van der Waals surface area contributed by atoms with Crippen molar-refractivity contribution in [2.75, 3.05) is 24.6 Å². The largest absolute Gasteiger partial charge is 0.396 e. The number of piperidine rings is 1. The summed E-state index contributed by atoms with van der Waals surface area (Å²) in [6.07, 6.45) is 3.28. The molecule has 1 aliphatic rings. The summed E-state index contributed by atoms with van der Waals surface area (Å²) < 4.78 is 0. The van der Waals surface area contributed by atoms with Crippen molar-refractivity contribution < 1.29 is 5.11 Å². The third kappa shape index (κ3) is 3.02. The lowest BCUT2D eigenvalue weighted by atomic mass is 9.94. The number of thiazole rings is 1. The Morgan fingerprint density at radius 2 is 1.95 bits per heavy atom. The van der Waals surface area contributed by atoms with Crippen LogP contribution in [0.4, 0.5) is 5.13 Å². The zero-order valence-corrected chi connectivity index (χ0v) is 12.4. The number of hydrogen-bond donors (Lipinski definition) is 1. The molecule has 1 aromatic carbocycles. The van der Waals surface area contributed by atoms with Gasteiger partial charge < -0.3 is 10.0 Å². The van der Waals surface area contributed by atoms with Gasteiger partial charge in [-0.05, 0) is 25.2 Å². The van der Waals surface area contributed by atoms with Gasteiger partial charge >= 0.3 is 0 Å². The number of anilines is 1. The predicted molar refractivity (Wildman–Crippen MR) is 84.2 cm³/mol. The number of aliphatic hydroxyl groups excluding tert-OH is 1. The van der Waals surface area contributed by atoms with Crippen LogP contribution in [-0.4, -0.2) is 29.8 Å². The van der Waals surface area contributed by atoms with E-state index in [1.165, 1.54) is 18.4 Å². The highest BCUT2D eigenvalue weighted by atomic mass is 32.1. The molecule has 1 saturated heterocycles. The number of aromatic nitrogens is 1. The third-order valence-electron chi connectivity index (χ3n) is 3.98. The molecule has 0 aliphatic carbocycles. The Labute approximate surface area is 123 Å². The van der Waals surface area contributed by atoms with E-state index < -0.39 is 0 Å². The molecule has 2 heterocycles. The van der Waals surface area contributed by atoms with Crippen molar-refractivity contribution in [3.05, 3.63) is 35.7 Å². The molecular weight excluding hydrogens is 268 g/mol. The molecule has 1 aliphatic heterocycles. The molecule has 1 fully saturated rings. The van der Waals surface area contributed by atoms with Crippen LogP contribution in [0.15, 0.2) is 35.7 Å². The van der Waals surface area contributed by atoms with Gasteiger partial charge in [-0.2, -0.15) is 0 Å². The molecule has 4 heteroatoms. The lowest BCUT2D eigenvalue weighted by Crippen LogP contribution is -2.33. The number of benzene rings is 1. The van der Waals surface area contributed by atoms with Crippen LogP contribution in [0.1, 0.15) is 19.3 Å². The number of nitrogens with zero attached hydrogens (tertiary/aromatic N) is 2. The Morgan fingerprint density at radius 1 is 1.20 bits per heavy atom. The van der Waals surface area contributed by atoms with Crippen LogP contribution in [0.2, 0.25) is 0 Å². The minimum Gasteiger partial charge on any atom is -0.396 e.